The van der Waals surface area contributed by atoms with Crippen molar-refractivity contribution in [2.75, 3.05) is 26.4 Å². The van der Waals surface area contributed by atoms with E-state index in [0.717, 1.165) is 4.88 Å². The molecule has 0 atom stereocenters. The first kappa shape index (κ1) is 18.8. The van der Waals surface area contributed by atoms with E-state index in [1.54, 1.807) is 24.1 Å². The molecule has 140 valence electrons. The number of carbonyl (C=O) groups excluding carboxylic acids is 1. The van der Waals surface area contributed by atoms with Gasteiger partial charge in [0.05, 0.1) is 16.8 Å². The SMILES string of the molecule is CN(C1CCN(C(=O)c2ccc(-c3cccs3)[nH]c2=O)CC1)S(C)(=O)=O. The molecule has 0 aliphatic carbocycles. The van der Waals surface area contributed by atoms with Crippen molar-refractivity contribution in [3.63, 3.8) is 0 Å². The molecule has 0 aromatic carbocycles. The zero-order chi connectivity index (χ0) is 18.9. The molecule has 0 unspecified atom stereocenters. The molecule has 0 bridgehead atoms. The average molecular weight is 396 g/mol. The summed E-state index contributed by atoms with van der Waals surface area (Å²) < 4.78 is 24.6. The summed E-state index contributed by atoms with van der Waals surface area (Å²) >= 11 is 1.51. The van der Waals surface area contributed by atoms with Crippen LogP contribution in [-0.2, 0) is 10.0 Å². The summed E-state index contributed by atoms with van der Waals surface area (Å²) in [4.78, 5) is 30.3. The van der Waals surface area contributed by atoms with Gasteiger partial charge in [0.1, 0.15) is 5.56 Å². The third-order valence-corrected chi connectivity index (χ3v) is 6.96. The van der Waals surface area contributed by atoms with Gasteiger partial charge in [-0.3, -0.25) is 9.59 Å². The van der Waals surface area contributed by atoms with Crippen LogP contribution in [0.4, 0.5) is 0 Å². The number of likely N-dealkylation sites (tertiary alicyclic amines) is 1. The highest BCUT2D eigenvalue weighted by atomic mass is 32.2. The largest absolute Gasteiger partial charge is 0.338 e. The molecule has 7 nitrogen and oxygen atoms in total. The summed E-state index contributed by atoms with van der Waals surface area (Å²) in [6.45, 7) is 0.852. The number of nitrogens with zero attached hydrogens (tertiary/aromatic N) is 2. The molecule has 2 aromatic heterocycles. The maximum atomic E-state index is 12.7. The van der Waals surface area contributed by atoms with Gasteiger partial charge < -0.3 is 9.88 Å². The minimum Gasteiger partial charge on any atom is -0.338 e. The zero-order valence-electron chi connectivity index (χ0n) is 14.6. The molecular formula is C17H21N3O4S2. The highest BCUT2D eigenvalue weighted by molar-refractivity contribution is 7.88. The van der Waals surface area contributed by atoms with Crippen molar-refractivity contribution in [3.05, 3.63) is 45.6 Å². The van der Waals surface area contributed by atoms with Crippen LogP contribution in [0.2, 0.25) is 0 Å². The number of thiophene rings is 1. The Kier molecular flexibility index (Phi) is 5.31. The zero-order valence-corrected chi connectivity index (χ0v) is 16.3. The molecule has 2 aromatic rings. The van der Waals surface area contributed by atoms with E-state index in [4.69, 9.17) is 0 Å². The Labute approximate surface area is 156 Å². The molecule has 1 fully saturated rings. The fourth-order valence-electron chi connectivity index (χ4n) is 3.09. The second kappa shape index (κ2) is 7.34. The van der Waals surface area contributed by atoms with Crippen LogP contribution in [0.15, 0.2) is 34.4 Å². The van der Waals surface area contributed by atoms with Crippen LogP contribution in [0, 0.1) is 0 Å². The number of hydrogen-bond acceptors (Lipinski definition) is 5. The smallest absolute Gasteiger partial charge is 0.261 e. The molecule has 1 N–H and O–H groups in total. The fraction of sp³-hybridized carbons (Fsp3) is 0.412. The average Bonchev–Trinajstić information content (AvgIpc) is 3.14. The lowest BCUT2D eigenvalue weighted by Crippen LogP contribution is -2.47. The van der Waals surface area contributed by atoms with Gasteiger partial charge in [0.2, 0.25) is 10.0 Å². The standard InChI is InChI=1S/C17H21N3O4S2/c1-19(26(2,23)24)12-7-9-20(10-8-12)17(22)13-5-6-14(18-16(13)21)15-4-3-11-25-15/h3-6,11-12H,7-10H2,1-2H3,(H,18,21). The number of rotatable bonds is 4. The van der Waals surface area contributed by atoms with Crippen LogP contribution < -0.4 is 5.56 Å². The van der Waals surface area contributed by atoms with E-state index >= 15 is 0 Å². The van der Waals surface area contributed by atoms with E-state index in [0.29, 0.717) is 31.6 Å². The normalized spacial score (nSPS) is 16.2. The summed E-state index contributed by atoms with van der Waals surface area (Å²) in [6, 6.07) is 6.99. The molecule has 0 radical (unpaired) electrons. The number of piperidine rings is 1. The van der Waals surface area contributed by atoms with Gasteiger partial charge in [0.15, 0.2) is 0 Å². The molecule has 1 aliphatic rings. The molecule has 1 amide bonds. The Bertz CT molecular complexity index is 943. The molecule has 0 spiro atoms. The lowest BCUT2D eigenvalue weighted by molar-refractivity contribution is 0.0684. The molecule has 3 rings (SSSR count). The van der Waals surface area contributed by atoms with Crippen molar-refractivity contribution in [2.45, 2.75) is 18.9 Å². The first-order chi connectivity index (χ1) is 12.3. The quantitative estimate of drug-likeness (QED) is 0.851. The van der Waals surface area contributed by atoms with Gasteiger partial charge in [0.25, 0.3) is 11.5 Å². The number of hydrogen-bond donors (Lipinski definition) is 1. The molecule has 9 heteroatoms. The second-order valence-electron chi connectivity index (χ2n) is 6.39. The lowest BCUT2D eigenvalue weighted by Gasteiger charge is -2.35. The lowest BCUT2D eigenvalue weighted by atomic mass is 10.0. The Morgan fingerprint density at radius 2 is 1.96 bits per heavy atom. The van der Waals surface area contributed by atoms with Gasteiger partial charge in [-0.15, -0.1) is 11.3 Å². The molecular weight excluding hydrogens is 374 g/mol. The van der Waals surface area contributed by atoms with Crippen LogP contribution in [0.3, 0.4) is 0 Å². The van der Waals surface area contributed by atoms with Crippen LogP contribution in [0.25, 0.3) is 10.6 Å². The van der Waals surface area contributed by atoms with Gasteiger partial charge in [-0.25, -0.2) is 12.7 Å². The third kappa shape index (κ3) is 3.89. The topological polar surface area (TPSA) is 90.6 Å². The molecule has 0 saturated carbocycles. The van der Waals surface area contributed by atoms with Gasteiger partial charge in [-0.1, -0.05) is 6.07 Å². The molecule has 26 heavy (non-hydrogen) atoms. The molecule has 3 heterocycles. The van der Waals surface area contributed by atoms with Crippen LogP contribution in [0.5, 0.6) is 0 Å². The van der Waals surface area contributed by atoms with E-state index in [1.165, 1.54) is 21.9 Å². The Morgan fingerprint density at radius 1 is 1.27 bits per heavy atom. The first-order valence-electron chi connectivity index (χ1n) is 8.27. The van der Waals surface area contributed by atoms with Crippen LogP contribution in [-0.4, -0.2) is 60.9 Å². The van der Waals surface area contributed by atoms with Gasteiger partial charge in [0, 0.05) is 26.2 Å². The predicted octanol–water partition coefficient (Wildman–Crippen LogP) is 1.60. The third-order valence-electron chi connectivity index (χ3n) is 4.72. The van der Waals surface area contributed by atoms with Crippen molar-refractivity contribution >= 4 is 27.3 Å². The first-order valence-corrected chi connectivity index (χ1v) is 11.0. The summed E-state index contributed by atoms with van der Waals surface area (Å²) in [5.41, 5.74) is 0.395. The van der Waals surface area contributed by atoms with E-state index in [2.05, 4.69) is 4.98 Å². The summed E-state index contributed by atoms with van der Waals surface area (Å²) in [6.07, 6.45) is 2.29. The van der Waals surface area contributed by atoms with E-state index in [9.17, 15) is 18.0 Å². The number of pyridine rings is 1. The predicted molar refractivity (Wildman–Crippen MR) is 102 cm³/mol. The highest BCUT2D eigenvalue weighted by Crippen LogP contribution is 2.22. The number of H-pyrrole nitrogens is 1. The van der Waals surface area contributed by atoms with Gasteiger partial charge in [-0.2, -0.15) is 0 Å². The van der Waals surface area contributed by atoms with Gasteiger partial charge >= 0.3 is 0 Å². The minimum absolute atomic E-state index is 0.111. The van der Waals surface area contributed by atoms with Crippen molar-refractivity contribution in [1.82, 2.24) is 14.2 Å². The van der Waals surface area contributed by atoms with E-state index in [-0.39, 0.29) is 17.5 Å². The Hall–Kier alpha value is -1.97. The summed E-state index contributed by atoms with van der Waals surface area (Å²) in [5.74, 6) is -0.315. The number of sulfonamides is 1. The summed E-state index contributed by atoms with van der Waals surface area (Å²) in [7, 11) is -1.69. The summed E-state index contributed by atoms with van der Waals surface area (Å²) in [5, 5.41) is 1.92. The number of aromatic nitrogens is 1. The monoisotopic (exact) mass is 395 g/mol. The van der Waals surface area contributed by atoms with Crippen molar-refractivity contribution < 1.29 is 13.2 Å². The number of amides is 1. The fourth-order valence-corrected chi connectivity index (χ4v) is 4.55. The van der Waals surface area contributed by atoms with E-state index < -0.39 is 15.6 Å². The van der Waals surface area contributed by atoms with Gasteiger partial charge in [-0.05, 0) is 36.4 Å². The van der Waals surface area contributed by atoms with E-state index in [1.807, 2.05) is 17.5 Å². The maximum Gasteiger partial charge on any atom is 0.261 e. The molecule has 1 saturated heterocycles. The minimum atomic E-state index is -3.25. The number of nitrogens with one attached hydrogen (secondary N) is 1. The second-order valence-corrected chi connectivity index (χ2v) is 9.38. The van der Waals surface area contributed by atoms with Crippen molar-refractivity contribution in [3.8, 4) is 10.6 Å². The van der Waals surface area contributed by atoms with Crippen LogP contribution >= 0.6 is 11.3 Å². The van der Waals surface area contributed by atoms with Crippen molar-refractivity contribution in [2.24, 2.45) is 0 Å². The Morgan fingerprint density at radius 3 is 2.50 bits per heavy atom. The van der Waals surface area contributed by atoms with Crippen molar-refractivity contribution in [1.29, 1.82) is 0 Å². The number of carbonyl (C=O) groups is 1. The number of aromatic amines is 1. The van der Waals surface area contributed by atoms with Crippen LogP contribution in [0.1, 0.15) is 23.2 Å². The highest BCUT2D eigenvalue weighted by Gasteiger charge is 2.30. The maximum absolute atomic E-state index is 12.7. The molecule has 1 aliphatic heterocycles. The Balaban J connectivity index is 1.70.